The number of esters is 3. The molecule has 1 atom stereocenters. The summed E-state index contributed by atoms with van der Waals surface area (Å²) in [6.07, 6.45) is 102. The molecule has 6 heteroatoms. The van der Waals surface area contributed by atoms with Crippen LogP contribution < -0.4 is 0 Å². The topological polar surface area (TPSA) is 78.9 Å². The molecule has 0 aliphatic carbocycles. The fraction of sp³-hybridized carbons (Fsp3) is 0.623. The Morgan fingerprint density at radius 3 is 0.747 bits per heavy atom. The van der Waals surface area contributed by atoms with Crippen LogP contribution in [0.1, 0.15) is 290 Å². The van der Waals surface area contributed by atoms with Crippen molar-refractivity contribution in [3.63, 3.8) is 0 Å². The molecule has 83 heavy (non-hydrogen) atoms. The van der Waals surface area contributed by atoms with Crippen molar-refractivity contribution in [3.05, 3.63) is 158 Å². The number of rotatable bonds is 60. The number of allylic oxidation sites excluding steroid dienone is 26. The van der Waals surface area contributed by atoms with Crippen LogP contribution in [-0.4, -0.2) is 37.2 Å². The van der Waals surface area contributed by atoms with Crippen molar-refractivity contribution in [1.29, 1.82) is 0 Å². The fourth-order valence-corrected chi connectivity index (χ4v) is 9.06. The molecule has 0 aromatic rings. The average Bonchev–Trinajstić information content (AvgIpc) is 3.49. The van der Waals surface area contributed by atoms with E-state index in [0.29, 0.717) is 12.8 Å². The minimum absolute atomic E-state index is 0.113. The normalized spacial score (nSPS) is 13.1. The summed E-state index contributed by atoms with van der Waals surface area (Å²) < 4.78 is 16.8. The summed E-state index contributed by atoms with van der Waals surface area (Å²) in [4.78, 5) is 38.3. The number of carbonyl (C=O) groups is 3. The van der Waals surface area contributed by atoms with Crippen molar-refractivity contribution in [3.8, 4) is 0 Å². The molecule has 0 N–H and O–H groups in total. The smallest absolute Gasteiger partial charge is 0.306 e. The lowest BCUT2D eigenvalue weighted by atomic mass is 10.0. The first-order valence-corrected chi connectivity index (χ1v) is 34.0. The van der Waals surface area contributed by atoms with Crippen LogP contribution in [0.15, 0.2) is 158 Å². The second-order valence-electron chi connectivity index (χ2n) is 21.9. The van der Waals surface area contributed by atoms with Gasteiger partial charge in [0.15, 0.2) is 6.10 Å². The highest BCUT2D eigenvalue weighted by Crippen LogP contribution is 2.16. The Morgan fingerprint density at radius 2 is 0.458 bits per heavy atom. The second-order valence-corrected chi connectivity index (χ2v) is 21.9. The van der Waals surface area contributed by atoms with Gasteiger partial charge in [-0.15, -0.1) is 0 Å². The molecular formula is C77H124O6. The van der Waals surface area contributed by atoms with Gasteiger partial charge < -0.3 is 14.2 Å². The predicted octanol–water partition coefficient (Wildman–Crippen LogP) is 23.7. The van der Waals surface area contributed by atoms with Crippen LogP contribution in [0.5, 0.6) is 0 Å². The number of hydrogen-bond donors (Lipinski definition) is 0. The van der Waals surface area contributed by atoms with Gasteiger partial charge in [-0.2, -0.15) is 0 Å². The molecule has 1 unspecified atom stereocenters. The summed E-state index contributed by atoms with van der Waals surface area (Å²) in [5, 5.41) is 0. The first kappa shape index (κ1) is 78.0. The highest BCUT2D eigenvalue weighted by Gasteiger charge is 2.19. The molecule has 0 aromatic carbocycles. The van der Waals surface area contributed by atoms with Gasteiger partial charge >= 0.3 is 17.9 Å². The minimum atomic E-state index is -0.825. The van der Waals surface area contributed by atoms with E-state index in [0.717, 1.165) is 135 Å². The zero-order valence-electron chi connectivity index (χ0n) is 53.7. The maximum Gasteiger partial charge on any atom is 0.306 e. The number of unbranched alkanes of at least 4 members (excludes halogenated alkanes) is 23. The van der Waals surface area contributed by atoms with E-state index < -0.39 is 6.10 Å². The van der Waals surface area contributed by atoms with Crippen molar-refractivity contribution in [2.24, 2.45) is 0 Å². The standard InChI is InChI=1S/C77H124O6/c1-4-7-10-13-16-19-22-25-27-29-30-31-32-33-34-35-36-37-38-39-40-41-42-43-44-45-46-48-49-52-55-58-61-64-67-70-76(79)82-73-74(72-81-75(78)69-66-63-60-57-54-51-24-21-18-15-12-9-6-3)83-77(80)71-68-65-62-59-56-53-50-47-28-26-23-20-17-14-11-8-5-2/h7-12,16-21,25-28,30-31,33-34,50-51,53-54,60,63,74H,4-6,13-15,22-24,29,32,35-49,52,55-59,61-62,64-73H2,1-3H3/b10-7-,11-8-,12-9-,19-16-,20-17-,21-18-,27-25-,28-26-,31-30-,34-33-,53-50-,54-51-,63-60-. The van der Waals surface area contributed by atoms with E-state index in [9.17, 15) is 14.4 Å². The van der Waals surface area contributed by atoms with Crippen LogP contribution in [0.2, 0.25) is 0 Å². The van der Waals surface area contributed by atoms with E-state index in [2.05, 4.69) is 173 Å². The van der Waals surface area contributed by atoms with Gasteiger partial charge in [-0.3, -0.25) is 14.4 Å². The van der Waals surface area contributed by atoms with Crippen molar-refractivity contribution >= 4 is 17.9 Å². The van der Waals surface area contributed by atoms with Crippen molar-refractivity contribution < 1.29 is 28.6 Å². The number of carbonyl (C=O) groups excluding carboxylic acids is 3. The first-order chi connectivity index (χ1) is 41.0. The van der Waals surface area contributed by atoms with Crippen molar-refractivity contribution in [1.82, 2.24) is 0 Å². The van der Waals surface area contributed by atoms with Crippen molar-refractivity contribution in [2.75, 3.05) is 13.2 Å². The van der Waals surface area contributed by atoms with E-state index >= 15 is 0 Å². The molecule has 468 valence electrons. The van der Waals surface area contributed by atoms with Gasteiger partial charge in [-0.05, 0) is 128 Å². The number of ether oxygens (including phenoxy) is 3. The van der Waals surface area contributed by atoms with Gasteiger partial charge in [-0.25, -0.2) is 0 Å². The molecule has 0 radical (unpaired) electrons. The lowest BCUT2D eigenvalue weighted by Gasteiger charge is -2.18. The van der Waals surface area contributed by atoms with Gasteiger partial charge in [-0.1, -0.05) is 301 Å². The van der Waals surface area contributed by atoms with Gasteiger partial charge in [0.25, 0.3) is 0 Å². The van der Waals surface area contributed by atoms with Crippen LogP contribution in [-0.2, 0) is 28.6 Å². The summed E-state index contributed by atoms with van der Waals surface area (Å²) in [5.41, 5.74) is 0. The molecule has 0 fully saturated rings. The van der Waals surface area contributed by atoms with E-state index in [1.807, 2.05) is 6.08 Å². The largest absolute Gasteiger partial charge is 0.462 e. The molecule has 0 saturated carbocycles. The summed E-state index contributed by atoms with van der Waals surface area (Å²) >= 11 is 0. The number of hydrogen-bond acceptors (Lipinski definition) is 6. The maximum absolute atomic E-state index is 12.9. The summed E-state index contributed by atoms with van der Waals surface area (Å²) in [6.45, 7) is 6.22. The molecule has 0 spiro atoms. The highest BCUT2D eigenvalue weighted by atomic mass is 16.6. The second kappa shape index (κ2) is 69.5. The summed E-state index contributed by atoms with van der Waals surface area (Å²) in [7, 11) is 0. The molecule has 0 heterocycles. The van der Waals surface area contributed by atoms with Crippen molar-refractivity contribution in [2.45, 2.75) is 297 Å². The fourth-order valence-electron chi connectivity index (χ4n) is 9.06. The van der Waals surface area contributed by atoms with E-state index in [1.54, 1.807) is 0 Å². The molecule has 0 saturated heterocycles. The lowest BCUT2D eigenvalue weighted by Crippen LogP contribution is -2.30. The molecule has 0 rings (SSSR count). The van der Waals surface area contributed by atoms with Gasteiger partial charge in [0.1, 0.15) is 13.2 Å². The zero-order chi connectivity index (χ0) is 59.9. The van der Waals surface area contributed by atoms with Gasteiger partial charge in [0.2, 0.25) is 0 Å². The van der Waals surface area contributed by atoms with Crippen LogP contribution in [0.3, 0.4) is 0 Å². The van der Waals surface area contributed by atoms with E-state index in [4.69, 9.17) is 14.2 Å². The quantitative estimate of drug-likeness (QED) is 0.0261. The third kappa shape index (κ3) is 67.7. The summed E-state index contributed by atoms with van der Waals surface area (Å²) in [5.74, 6) is -1.02. The Labute approximate surface area is 511 Å². The van der Waals surface area contributed by atoms with Gasteiger partial charge in [0.05, 0.1) is 0 Å². The average molecular weight is 1150 g/mol. The SMILES string of the molecule is CC/C=C\C/C=C\C/C=C\C/C=C\C/C=C\CCCCCCCCCCCCCCCCCCCCCC(=O)OCC(COC(=O)CC/C=C\C/C=C\C/C=C\C/C=C\CC)OC(=O)CCCCCC/C=C\C/C=C\C/C=C\C/C=C\CC. The predicted molar refractivity (Wildman–Crippen MR) is 362 cm³/mol. The van der Waals surface area contributed by atoms with E-state index in [-0.39, 0.29) is 44.0 Å². The molecule has 0 aliphatic heterocycles. The van der Waals surface area contributed by atoms with Crippen LogP contribution in [0.25, 0.3) is 0 Å². The maximum atomic E-state index is 12.9. The Morgan fingerprint density at radius 1 is 0.241 bits per heavy atom. The molecule has 6 nitrogen and oxygen atoms in total. The minimum Gasteiger partial charge on any atom is -0.462 e. The zero-order valence-corrected chi connectivity index (χ0v) is 53.7. The lowest BCUT2D eigenvalue weighted by molar-refractivity contribution is -0.166. The molecule has 0 bridgehead atoms. The van der Waals surface area contributed by atoms with Crippen LogP contribution in [0.4, 0.5) is 0 Å². The summed E-state index contributed by atoms with van der Waals surface area (Å²) in [6, 6.07) is 0. The molecule has 0 aliphatic rings. The third-order valence-corrected chi connectivity index (χ3v) is 14.0. The Balaban J connectivity index is 4.21. The first-order valence-electron chi connectivity index (χ1n) is 34.0. The Bertz CT molecular complexity index is 1840. The Hall–Kier alpha value is -4.97. The van der Waals surface area contributed by atoms with Gasteiger partial charge in [0, 0.05) is 19.3 Å². The van der Waals surface area contributed by atoms with E-state index in [1.165, 1.54) is 109 Å². The third-order valence-electron chi connectivity index (χ3n) is 14.0. The Kier molecular flexibility index (Phi) is 65.4. The molecular weight excluding hydrogens is 1020 g/mol. The van der Waals surface area contributed by atoms with Crippen LogP contribution >= 0.6 is 0 Å². The highest BCUT2D eigenvalue weighted by molar-refractivity contribution is 5.71. The molecule has 0 aromatic heterocycles. The molecule has 0 amide bonds. The monoisotopic (exact) mass is 1140 g/mol. The van der Waals surface area contributed by atoms with Crippen LogP contribution in [0, 0.1) is 0 Å².